The van der Waals surface area contributed by atoms with E-state index in [1.54, 1.807) is 0 Å². The van der Waals surface area contributed by atoms with E-state index in [1.165, 1.54) is 173 Å². The molecule has 0 aromatic carbocycles. The number of likely N-dealkylation sites (N-methyl/N-ethyl adjacent to an activating group) is 1. The number of nitrogens with zero attached hydrogens (tertiary/aromatic N) is 1. The van der Waals surface area contributed by atoms with Crippen molar-refractivity contribution in [3.63, 3.8) is 0 Å². The van der Waals surface area contributed by atoms with E-state index in [2.05, 4.69) is 19.2 Å². The van der Waals surface area contributed by atoms with Crippen molar-refractivity contribution in [3.05, 3.63) is 0 Å². The van der Waals surface area contributed by atoms with Gasteiger partial charge in [-0.3, -0.25) is 9.36 Å². The highest BCUT2D eigenvalue weighted by atomic mass is 31.2. The van der Waals surface area contributed by atoms with Gasteiger partial charge in [0.25, 0.3) is 7.82 Å². The van der Waals surface area contributed by atoms with Crippen molar-refractivity contribution in [1.29, 1.82) is 0 Å². The van der Waals surface area contributed by atoms with E-state index in [0.717, 1.165) is 38.5 Å². The second-order valence-corrected chi connectivity index (χ2v) is 19.2. The van der Waals surface area contributed by atoms with Gasteiger partial charge in [0, 0.05) is 6.42 Å². The summed E-state index contributed by atoms with van der Waals surface area (Å²) in [6.45, 7) is 4.69. The Kier molecular flexibility index (Phi) is 38.6. The van der Waals surface area contributed by atoms with Crippen LogP contribution in [0.2, 0.25) is 0 Å². The predicted octanol–water partition coefficient (Wildman–Crippen LogP) is 12.7. The monoisotopic (exact) mass is 803 g/mol. The quantitative estimate of drug-likeness (QED) is 0.0361. The Balaban J connectivity index is 3.95. The predicted molar refractivity (Wildman–Crippen MR) is 233 cm³/mol. The maximum Gasteiger partial charge on any atom is 0.268 e. The van der Waals surface area contributed by atoms with Crippen LogP contribution < -0.4 is 10.2 Å². The number of hydrogen-bond acceptors (Lipinski definition) is 6. The van der Waals surface area contributed by atoms with E-state index >= 15 is 0 Å². The molecule has 0 bridgehead atoms. The minimum Gasteiger partial charge on any atom is -0.756 e. The van der Waals surface area contributed by atoms with E-state index in [0.29, 0.717) is 23.9 Å². The number of quaternary nitrogens is 1. The molecule has 0 aliphatic heterocycles. The Hall–Kier alpha value is -0.500. The number of carbonyl (C=O) groups is 1. The molecule has 0 radical (unpaired) electrons. The van der Waals surface area contributed by atoms with Gasteiger partial charge in [0.15, 0.2) is 0 Å². The first-order valence-electron chi connectivity index (χ1n) is 23.9. The number of hydrogen-bond donors (Lipinski definition) is 2. The van der Waals surface area contributed by atoms with E-state index in [9.17, 15) is 19.4 Å². The fourth-order valence-corrected chi connectivity index (χ4v) is 8.00. The summed E-state index contributed by atoms with van der Waals surface area (Å²) in [7, 11) is 1.31. The second-order valence-electron chi connectivity index (χ2n) is 17.8. The van der Waals surface area contributed by atoms with Crippen molar-refractivity contribution in [2.45, 2.75) is 251 Å². The number of aliphatic hydroxyl groups is 1. The Bertz CT molecular complexity index is 870. The molecule has 0 aromatic rings. The molecule has 0 saturated heterocycles. The van der Waals surface area contributed by atoms with Crippen LogP contribution >= 0.6 is 7.82 Å². The molecule has 3 unspecified atom stereocenters. The molecular formula is C46H95N2O6P. The molecule has 2 N–H and O–H groups in total. The van der Waals surface area contributed by atoms with Gasteiger partial charge in [0.2, 0.25) is 5.91 Å². The third-order valence-corrected chi connectivity index (χ3v) is 12.1. The summed E-state index contributed by atoms with van der Waals surface area (Å²) in [6.07, 6.45) is 42.9. The largest absolute Gasteiger partial charge is 0.756 e. The first-order chi connectivity index (χ1) is 26.5. The summed E-state index contributed by atoms with van der Waals surface area (Å²) in [6, 6.07) is -0.791. The van der Waals surface area contributed by atoms with Crippen LogP contribution in [0.3, 0.4) is 0 Å². The number of unbranched alkanes of at least 4 members (excludes halogenated alkanes) is 31. The maximum atomic E-state index is 12.8. The summed E-state index contributed by atoms with van der Waals surface area (Å²) >= 11 is 0. The van der Waals surface area contributed by atoms with E-state index in [1.807, 2.05) is 21.1 Å². The number of carbonyl (C=O) groups excluding carboxylic acids is 1. The average molecular weight is 803 g/mol. The zero-order valence-corrected chi connectivity index (χ0v) is 38.3. The van der Waals surface area contributed by atoms with Crippen LogP contribution in [0.1, 0.15) is 239 Å². The van der Waals surface area contributed by atoms with Gasteiger partial charge < -0.3 is 28.8 Å². The van der Waals surface area contributed by atoms with Crippen LogP contribution in [-0.4, -0.2) is 68.5 Å². The Labute approximate surface area is 342 Å². The average Bonchev–Trinajstić information content (AvgIpc) is 3.13. The van der Waals surface area contributed by atoms with E-state index in [-0.39, 0.29) is 19.1 Å². The molecule has 0 rings (SSSR count). The topological polar surface area (TPSA) is 108 Å². The zero-order valence-electron chi connectivity index (χ0n) is 37.4. The van der Waals surface area contributed by atoms with E-state index in [4.69, 9.17) is 9.05 Å². The summed E-state index contributed by atoms with van der Waals surface area (Å²) in [5.74, 6) is -0.164. The SMILES string of the molecule is CCCCCCCCCCCCCCCCCCCCCCCCCCCCC(=O)NC(COP(=O)([O-])OCC[N+](C)(C)C)C(O)CCCCCCCCC. The third kappa shape index (κ3) is 41.5. The van der Waals surface area contributed by atoms with Gasteiger partial charge >= 0.3 is 0 Å². The lowest BCUT2D eigenvalue weighted by Crippen LogP contribution is -2.46. The van der Waals surface area contributed by atoms with E-state index < -0.39 is 20.0 Å². The highest BCUT2D eigenvalue weighted by Gasteiger charge is 2.24. The van der Waals surface area contributed by atoms with Gasteiger partial charge in [-0.1, -0.05) is 219 Å². The molecule has 1 amide bonds. The van der Waals surface area contributed by atoms with Crippen molar-refractivity contribution in [2.24, 2.45) is 0 Å². The number of nitrogens with one attached hydrogen (secondary N) is 1. The van der Waals surface area contributed by atoms with Gasteiger partial charge in [-0.05, 0) is 12.8 Å². The van der Waals surface area contributed by atoms with Gasteiger partial charge in [-0.25, -0.2) is 0 Å². The van der Waals surface area contributed by atoms with Crippen LogP contribution in [0.4, 0.5) is 0 Å². The minimum atomic E-state index is -4.55. The second kappa shape index (κ2) is 39.0. The molecule has 0 saturated carbocycles. The zero-order chi connectivity index (χ0) is 40.7. The highest BCUT2D eigenvalue weighted by Crippen LogP contribution is 2.38. The van der Waals surface area contributed by atoms with Crippen LogP contribution in [0.15, 0.2) is 0 Å². The number of amides is 1. The maximum absolute atomic E-state index is 12.8. The molecule has 8 nitrogen and oxygen atoms in total. The van der Waals surface area contributed by atoms with Gasteiger partial charge in [-0.2, -0.15) is 0 Å². The van der Waals surface area contributed by atoms with Crippen molar-refractivity contribution in [1.82, 2.24) is 5.32 Å². The fraction of sp³-hybridized carbons (Fsp3) is 0.978. The summed E-state index contributed by atoms with van der Waals surface area (Å²) in [4.78, 5) is 25.2. The molecule has 0 aliphatic rings. The molecule has 3 atom stereocenters. The first kappa shape index (κ1) is 54.5. The number of phosphoric ester groups is 1. The summed E-state index contributed by atoms with van der Waals surface area (Å²) in [5.41, 5.74) is 0. The lowest BCUT2D eigenvalue weighted by Gasteiger charge is -2.30. The van der Waals surface area contributed by atoms with Gasteiger partial charge in [0.1, 0.15) is 13.2 Å². The van der Waals surface area contributed by atoms with Crippen LogP contribution in [0, 0.1) is 0 Å². The third-order valence-electron chi connectivity index (χ3n) is 11.1. The lowest BCUT2D eigenvalue weighted by atomic mass is 10.0. The Morgan fingerprint density at radius 2 is 0.891 bits per heavy atom. The number of rotatable bonds is 44. The normalized spacial score (nSPS) is 14.2. The molecule has 330 valence electrons. The summed E-state index contributed by atoms with van der Waals surface area (Å²) in [5, 5.41) is 13.8. The molecule has 0 fully saturated rings. The molecule has 0 aliphatic carbocycles. The van der Waals surface area contributed by atoms with Crippen LogP contribution in [0.25, 0.3) is 0 Å². The minimum absolute atomic E-state index is 0.0154. The number of aliphatic hydroxyl groups excluding tert-OH is 1. The molecule has 0 heterocycles. The molecular weight excluding hydrogens is 707 g/mol. The lowest BCUT2D eigenvalue weighted by molar-refractivity contribution is -0.870. The molecule has 0 spiro atoms. The Morgan fingerprint density at radius 3 is 1.24 bits per heavy atom. The number of phosphoric acid groups is 1. The first-order valence-corrected chi connectivity index (χ1v) is 25.3. The molecule has 55 heavy (non-hydrogen) atoms. The molecule has 0 aromatic heterocycles. The Morgan fingerprint density at radius 1 is 0.564 bits per heavy atom. The van der Waals surface area contributed by atoms with Crippen LogP contribution in [-0.2, 0) is 18.4 Å². The smallest absolute Gasteiger partial charge is 0.268 e. The van der Waals surface area contributed by atoms with Crippen molar-refractivity contribution < 1.29 is 32.9 Å². The van der Waals surface area contributed by atoms with Crippen molar-refractivity contribution in [3.8, 4) is 0 Å². The summed E-state index contributed by atoms with van der Waals surface area (Å²) < 4.78 is 23.2. The standard InChI is InChI=1S/C46H95N2O6P/c1-6-8-10-12-14-15-16-17-18-19-20-21-22-23-24-25-26-27-28-29-30-31-32-34-36-38-40-46(50)47-44(45(49)39-37-35-33-13-11-9-7-2)43-54-55(51,52)53-42-41-48(3,4)5/h44-45,49H,6-43H2,1-5H3,(H-,47,50,51,52). The highest BCUT2D eigenvalue weighted by molar-refractivity contribution is 7.45. The molecule has 9 heteroatoms. The van der Waals surface area contributed by atoms with Gasteiger partial charge in [0.05, 0.1) is 39.9 Å². The van der Waals surface area contributed by atoms with Crippen molar-refractivity contribution in [2.75, 3.05) is 40.9 Å². The van der Waals surface area contributed by atoms with Gasteiger partial charge in [-0.15, -0.1) is 0 Å². The fourth-order valence-electron chi connectivity index (χ4n) is 7.28. The van der Waals surface area contributed by atoms with Crippen LogP contribution in [0.5, 0.6) is 0 Å². The van der Waals surface area contributed by atoms with Crippen molar-refractivity contribution >= 4 is 13.7 Å².